The van der Waals surface area contributed by atoms with E-state index < -0.39 is 16.1 Å². The first-order valence-corrected chi connectivity index (χ1v) is 10.9. The largest absolute Gasteiger partial charge is 0.494 e. The number of hydrogen-bond acceptors (Lipinski definition) is 5. The van der Waals surface area contributed by atoms with Crippen LogP contribution >= 0.6 is 0 Å². The van der Waals surface area contributed by atoms with Crippen LogP contribution in [0.3, 0.4) is 0 Å². The molecule has 0 aromatic heterocycles. The van der Waals surface area contributed by atoms with Gasteiger partial charge in [0.25, 0.3) is 5.91 Å². The van der Waals surface area contributed by atoms with E-state index in [9.17, 15) is 13.2 Å². The van der Waals surface area contributed by atoms with E-state index in [1.54, 1.807) is 12.1 Å². The third-order valence-electron chi connectivity index (χ3n) is 4.38. The molecule has 8 heteroatoms. The van der Waals surface area contributed by atoms with Crippen LogP contribution in [0.25, 0.3) is 0 Å². The van der Waals surface area contributed by atoms with Gasteiger partial charge in [-0.05, 0) is 49.2 Å². The molecule has 1 N–H and O–H groups in total. The van der Waals surface area contributed by atoms with Crippen molar-refractivity contribution in [2.45, 2.75) is 26.5 Å². The molecule has 150 valence electrons. The molecule has 1 atom stereocenters. The molecule has 0 saturated carbocycles. The average molecular weight is 404 g/mol. The SMILES string of the molecule is CCOc1ccc(CNC(=O)[C@H]2CN(S(C)(=O)=O)c3cc(C)ccc3O2)cc1. The second-order valence-electron chi connectivity index (χ2n) is 6.67. The van der Waals surface area contributed by atoms with E-state index in [-0.39, 0.29) is 12.5 Å². The van der Waals surface area contributed by atoms with Gasteiger partial charge in [0.1, 0.15) is 11.5 Å². The Bertz CT molecular complexity index is 957. The van der Waals surface area contributed by atoms with Crippen molar-refractivity contribution >= 4 is 21.6 Å². The molecule has 0 spiro atoms. The van der Waals surface area contributed by atoms with Gasteiger partial charge in [-0.2, -0.15) is 0 Å². The highest BCUT2D eigenvalue weighted by Crippen LogP contribution is 2.35. The van der Waals surface area contributed by atoms with Gasteiger partial charge in [0, 0.05) is 6.54 Å². The number of anilines is 1. The minimum Gasteiger partial charge on any atom is -0.494 e. The standard InChI is InChI=1S/C20H24N2O5S/c1-4-26-16-8-6-15(7-9-16)12-21-20(23)19-13-22(28(3,24)25)17-11-14(2)5-10-18(17)27-19/h5-11,19H,4,12-13H2,1-3H3,(H,21,23)/t19-/m1/s1. The summed E-state index contributed by atoms with van der Waals surface area (Å²) in [5, 5.41) is 2.81. The number of nitrogens with one attached hydrogen (secondary N) is 1. The van der Waals surface area contributed by atoms with Crippen LogP contribution in [0.4, 0.5) is 5.69 Å². The zero-order valence-electron chi connectivity index (χ0n) is 16.1. The van der Waals surface area contributed by atoms with Gasteiger partial charge in [-0.15, -0.1) is 0 Å². The van der Waals surface area contributed by atoms with Crippen molar-refractivity contribution in [3.05, 3.63) is 53.6 Å². The molecule has 2 aromatic rings. The molecule has 0 radical (unpaired) electrons. The molecular weight excluding hydrogens is 380 g/mol. The lowest BCUT2D eigenvalue weighted by Crippen LogP contribution is -2.50. The summed E-state index contributed by atoms with van der Waals surface area (Å²) in [6.45, 7) is 4.62. The number of amides is 1. The Morgan fingerprint density at radius 1 is 1.25 bits per heavy atom. The molecule has 0 unspecified atom stereocenters. The summed E-state index contributed by atoms with van der Waals surface area (Å²) in [5.74, 6) is 0.779. The number of carbonyl (C=O) groups is 1. The Kier molecular flexibility index (Phi) is 5.79. The average Bonchev–Trinajstić information content (AvgIpc) is 2.65. The van der Waals surface area contributed by atoms with Gasteiger partial charge in [-0.3, -0.25) is 9.10 Å². The first-order valence-electron chi connectivity index (χ1n) is 9.02. The highest BCUT2D eigenvalue weighted by molar-refractivity contribution is 7.92. The van der Waals surface area contributed by atoms with Gasteiger partial charge in [0.05, 0.1) is 25.1 Å². The minimum atomic E-state index is -3.54. The van der Waals surface area contributed by atoms with Crippen molar-refractivity contribution in [2.75, 3.05) is 23.7 Å². The van der Waals surface area contributed by atoms with Crippen molar-refractivity contribution in [2.24, 2.45) is 0 Å². The highest BCUT2D eigenvalue weighted by Gasteiger charge is 2.34. The smallest absolute Gasteiger partial charge is 0.263 e. The first kappa shape index (κ1) is 20.0. The number of carbonyl (C=O) groups excluding carboxylic acids is 1. The van der Waals surface area contributed by atoms with Crippen LogP contribution in [0.15, 0.2) is 42.5 Å². The van der Waals surface area contributed by atoms with Gasteiger partial charge in [0.2, 0.25) is 10.0 Å². The van der Waals surface area contributed by atoms with Crippen LogP contribution in [-0.2, 0) is 21.4 Å². The van der Waals surface area contributed by atoms with Crippen LogP contribution < -0.4 is 19.1 Å². The zero-order valence-corrected chi connectivity index (χ0v) is 17.0. The molecule has 1 aliphatic heterocycles. The number of sulfonamides is 1. The third kappa shape index (κ3) is 4.56. The molecule has 0 fully saturated rings. The summed E-state index contributed by atoms with van der Waals surface area (Å²) in [5.41, 5.74) is 2.27. The Morgan fingerprint density at radius 3 is 2.61 bits per heavy atom. The van der Waals surface area contributed by atoms with Crippen LogP contribution in [0.5, 0.6) is 11.5 Å². The molecule has 1 heterocycles. The lowest BCUT2D eigenvalue weighted by atomic mass is 10.1. The predicted octanol–water partition coefficient (Wildman–Crippen LogP) is 2.24. The van der Waals surface area contributed by atoms with Gasteiger partial charge < -0.3 is 14.8 Å². The molecule has 1 aliphatic rings. The molecule has 7 nitrogen and oxygen atoms in total. The number of hydrogen-bond donors (Lipinski definition) is 1. The maximum absolute atomic E-state index is 12.6. The highest BCUT2D eigenvalue weighted by atomic mass is 32.2. The van der Waals surface area contributed by atoms with Crippen LogP contribution in [0.2, 0.25) is 0 Å². The maximum Gasteiger partial charge on any atom is 0.263 e. The second-order valence-corrected chi connectivity index (χ2v) is 8.57. The van der Waals surface area contributed by atoms with E-state index in [4.69, 9.17) is 9.47 Å². The Hall–Kier alpha value is -2.74. The van der Waals surface area contributed by atoms with Gasteiger partial charge in [0.15, 0.2) is 6.10 Å². The monoisotopic (exact) mass is 404 g/mol. The number of aryl methyl sites for hydroxylation is 1. The number of fused-ring (bicyclic) bond motifs is 1. The van der Waals surface area contributed by atoms with Crippen LogP contribution in [-0.4, -0.2) is 39.8 Å². The van der Waals surface area contributed by atoms with Crippen molar-refractivity contribution in [3.8, 4) is 11.5 Å². The van der Waals surface area contributed by atoms with Crippen molar-refractivity contribution in [3.63, 3.8) is 0 Å². The van der Waals surface area contributed by atoms with Gasteiger partial charge >= 0.3 is 0 Å². The number of rotatable bonds is 6. The van der Waals surface area contributed by atoms with E-state index in [1.807, 2.05) is 44.2 Å². The van der Waals surface area contributed by atoms with Gasteiger partial charge in [-0.1, -0.05) is 18.2 Å². The normalized spacial score (nSPS) is 16.1. The van der Waals surface area contributed by atoms with E-state index in [0.717, 1.165) is 23.1 Å². The minimum absolute atomic E-state index is 0.0651. The molecular formula is C20H24N2O5S. The fourth-order valence-electron chi connectivity index (χ4n) is 2.99. The second kappa shape index (κ2) is 8.10. The molecule has 2 aromatic carbocycles. The molecule has 3 rings (SSSR count). The quantitative estimate of drug-likeness (QED) is 0.798. The summed E-state index contributed by atoms with van der Waals surface area (Å²) in [7, 11) is -3.54. The van der Waals surface area contributed by atoms with Crippen molar-refractivity contribution in [1.29, 1.82) is 0 Å². The Balaban J connectivity index is 1.71. The first-order chi connectivity index (χ1) is 13.3. The summed E-state index contributed by atoms with van der Waals surface area (Å²) < 4.78 is 36.8. The summed E-state index contributed by atoms with van der Waals surface area (Å²) in [6.07, 6.45) is 0.201. The predicted molar refractivity (Wildman–Crippen MR) is 107 cm³/mol. The number of benzene rings is 2. The maximum atomic E-state index is 12.6. The number of nitrogens with zero attached hydrogens (tertiary/aromatic N) is 1. The van der Waals surface area contributed by atoms with Crippen LogP contribution in [0, 0.1) is 6.92 Å². The molecule has 1 amide bonds. The lowest BCUT2D eigenvalue weighted by molar-refractivity contribution is -0.127. The third-order valence-corrected chi connectivity index (χ3v) is 5.52. The Labute approximate surface area is 165 Å². The summed E-state index contributed by atoms with van der Waals surface area (Å²) in [4.78, 5) is 12.6. The fraction of sp³-hybridized carbons (Fsp3) is 0.350. The molecule has 0 saturated heterocycles. The molecule has 0 bridgehead atoms. The lowest BCUT2D eigenvalue weighted by Gasteiger charge is -2.34. The zero-order chi connectivity index (χ0) is 20.3. The van der Waals surface area contributed by atoms with E-state index >= 15 is 0 Å². The fourth-order valence-corrected chi connectivity index (χ4v) is 3.89. The van der Waals surface area contributed by atoms with Crippen molar-refractivity contribution in [1.82, 2.24) is 5.32 Å². The van der Waals surface area contributed by atoms with Crippen molar-refractivity contribution < 1.29 is 22.7 Å². The van der Waals surface area contributed by atoms with Crippen LogP contribution in [0.1, 0.15) is 18.1 Å². The topological polar surface area (TPSA) is 84.9 Å². The van der Waals surface area contributed by atoms with Gasteiger partial charge in [-0.25, -0.2) is 8.42 Å². The molecule has 0 aliphatic carbocycles. The summed E-state index contributed by atoms with van der Waals surface area (Å²) >= 11 is 0. The van der Waals surface area contributed by atoms with E-state index in [2.05, 4.69) is 5.32 Å². The molecule has 28 heavy (non-hydrogen) atoms. The number of ether oxygens (including phenoxy) is 2. The Morgan fingerprint density at radius 2 is 1.96 bits per heavy atom. The van der Waals surface area contributed by atoms with E-state index in [0.29, 0.717) is 24.6 Å². The van der Waals surface area contributed by atoms with E-state index in [1.165, 1.54) is 4.31 Å². The summed E-state index contributed by atoms with van der Waals surface area (Å²) in [6, 6.07) is 12.7.